The van der Waals surface area contributed by atoms with Gasteiger partial charge in [0.05, 0.1) is 10.9 Å². The molecular weight excluding hydrogens is 432 g/mol. The first-order valence-electron chi connectivity index (χ1n) is 11.3. The maximum absolute atomic E-state index is 13.1. The van der Waals surface area contributed by atoms with Crippen molar-refractivity contribution in [2.24, 2.45) is 11.1 Å². The second-order valence-electron chi connectivity index (χ2n) is 9.53. The van der Waals surface area contributed by atoms with Crippen molar-refractivity contribution >= 4 is 22.7 Å². The number of aromatic nitrogens is 1. The van der Waals surface area contributed by atoms with Gasteiger partial charge in [-0.05, 0) is 57.0 Å². The second-order valence-corrected chi connectivity index (χ2v) is 9.53. The van der Waals surface area contributed by atoms with Crippen molar-refractivity contribution in [2.75, 3.05) is 13.1 Å². The summed E-state index contributed by atoms with van der Waals surface area (Å²) in [5.41, 5.74) is 9.72. The molecule has 34 heavy (non-hydrogen) atoms. The van der Waals surface area contributed by atoms with Gasteiger partial charge in [0, 0.05) is 29.7 Å². The summed E-state index contributed by atoms with van der Waals surface area (Å²) >= 11 is 0. The highest BCUT2D eigenvalue weighted by Crippen LogP contribution is 2.34. The molecule has 2 aromatic carbocycles. The van der Waals surface area contributed by atoms with E-state index in [0.717, 1.165) is 22.2 Å². The summed E-state index contributed by atoms with van der Waals surface area (Å²) in [4.78, 5) is 31.2. The predicted molar refractivity (Wildman–Crippen MR) is 128 cm³/mol. The summed E-state index contributed by atoms with van der Waals surface area (Å²) in [6.07, 6.45) is 0.436. The van der Waals surface area contributed by atoms with Gasteiger partial charge >= 0.3 is 0 Å². The van der Waals surface area contributed by atoms with Crippen LogP contribution >= 0.6 is 0 Å². The van der Waals surface area contributed by atoms with E-state index in [1.54, 1.807) is 24.2 Å². The Balaban J connectivity index is 1.46. The zero-order chi connectivity index (χ0) is 24.5. The molecule has 1 aliphatic heterocycles. The molecule has 1 atom stereocenters. The van der Waals surface area contributed by atoms with Crippen molar-refractivity contribution in [2.45, 2.75) is 39.3 Å². The number of rotatable bonds is 7. The molecule has 3 aromatic rings. The molecule has 1 aromatic heterocycles. The van der Waals surface area contributed by atoms with Crippen LogP contribution in [0.2, 0.25) is 0 Å². The molecule has 0 radical (unpaired) electrons. The van der Waals surface area contributed by atoms with Gasteiger partial charge in [-0.2, -0.15) is 0 Å². The summed E-state index contributed by atoms with van der Waals surface area (Å²) < 4.78 is 6.03. The largest absolute Gasteiger partial charge is 0.489 e. The zero-order valence-electron chi connectivity index (χ0n) is 19.7. The predicted octanol–water partition coefficient (Wildman–Crippen LogP) is 3.04. The summed E-state index contributed by atoms with van der Waals surface area (Å²) in [5.74, 6) is -0.110. The zero-order valence-corrected chi connectivity index (χ0v) is 19.7. The SMILES string of the molecule is Cc1cc(COc2ccc(C3(N)CCN(CC(C)(C)C(=O)NO)C3=O)cc2)c2ccccc2n1. The van der Waals surface area contributed by atoms with E-state index in [1.807, 2.05) is 61.5 Å². The molecule has 1 aliphatic rings. The number of nitrogens with zero attached hydrogens (tertiary/aromatic N) is 2. The summed E-state index contributed by atoms with van der Waals surface area (Å²) in [7, 11) is 0. The fourth-order valence-electron chi connectivity index (χ4n) is 4.44. The topological polar surface area (TPSA) is 118 Å². The number of amides is 2. The van der Waals surface area contributed by atoms with E-state index in [-0.39, 0.29) is 12.5 Å². The van der Waals surface area contributed by atoms with E-state index in [4.69, 9.17) is 15.7 Å². The number of carbonyl (C=O) groups excluding carboxylic acids is 2. The van der Waals surface area contributed by atoms with Gasteiger partial charge in [0.1, 0.15) is 17.9 Å². The molecule has 4 rings (SSSR count). The Labute approximate surface area is 198 Å². The smallest absolute Gasteiger partial charge is 0.250 e. The minimum atomic E-state index is -1.16. The molecule has 8 nitrogen and oxygen atoms in total. The lowest BCUT2D eigenvalue weighted by atomic mass is 9.89. The summed E-state index contributed by atoms with van der Waals surface area (Å²) in [5, 5.41) is 10.0. The Kier molecular flexibility index (Phi) is 6.29. The van der Waals surface area contributed by atoms with Crippen LogP contribution in [0.4, 0.5) is 0 Å². The van der Waals surface area contributed by atoms with Crippen LogP contribution in [-0.4, -0.2) is 40.0 Å². The number of nitrogens with one attached hydrogen (secondary N) is 1. The lowest BCUT2D eigenvalue weighted by molar-refractivity contribution is -0.141. The number of para-hydroxylation sites is 1. The third kappa shape index (κ3) is 4.47. The molecular formula is C26H30N4O4. The fraction of sp³-hybridized carbons (Fsp3) is 0.346. The molecule has 0 spiro atoms. The average Bonchev–Trinajstić information content (AvgIpc) is 3.11. The molecule has 0 bridgehead atoms. The van der Waals surface area contributed by atoms with E-state index < -0.39 is 16.9 Å². The highest BCUT2D eigenvalue weighted by molar-refractivity contribution is 5.90. The van der Waals surface area contributed by atoms with Crippen LogP contribution in [0, 0.1) is 12.3 Å². The second kappa shape index (κ2) is 9.04. The van der Waals surface area contributed by atoms with Crippen LogP contribution in [0.15, 0.2) is 54.6 Å². The third-order valence-electron chi connectivity index (χ3n) is 6.44. The number of aryl methyl sites for hydroxylation is 1. The van der Waals surface area contributed by atoms with E-state index >= 15 is 0 Å². The van der Waals surface area contributed by atoms with Gasteiger partial charge in [-0.1, -0.05) is 30.3 Å². The maximum Gasteiger partial charge on any atom is 0.250 e. The number of benzene rings is 2. The number of ether oxygens (including phenoxy) is 1. The van der Waals surface area contributed by atoms with Crippen LogP contribution < -0.4 is 16.0 Å². The Hall–Kier alpha value is -3.49. The third-order valence-corrected chi connectivity index (χ3v) is 6.44. The molecule has 2 heterocycles. The molecule has 0 saturated carbocycles. The lowest BCUT2D eigenvalue weighted by Crippen LogP contribution is -2.49. The van der Waals surface area contributed by atoms with Crippen molar-refractivity contribution in [3.63, 3.8) is 0 Å². The van der Waals surface area contributed by atoms with Gasteiger partial charge in [0.25, 0.3) is 5.91 Å². The molecule has 8 heteroatoms. The molecule has 1 saturated heterocycles. The van der Waals surface area contributed by atoms with Gasteiger partial charge in [-0.3, -0.25) is 19.8 Å². The monoisotopic (exact) mass is 462 g/mol. The minimum absolute atomic E-state index is 0.164. The molecule has 4 N–H and O–H groups in total. The first kappa shape index (κ1) is 23.7. The van der Waals surface area contributed by atoms with Gasteiger partial charge in [0.2, 0.25) is 5.91 Å². The average molecular weight is 463 g/mol. The molecule has 1 unspecified atom stereocenters. The first-order chi connectivity index (χ1) is 16.1. The van der Waals surface area contributed by atoms with Crippen molar-refractivity contribution in [1.29, 1.82) is 0 Å². The van der Waals surface area contributed by atoms with Gasteiger partial charge in [-0.25, -0.2) is 5.48 Å². The number of hydrogen-bond acceptors (Lipinski definition) is 6. The molecule has 0 aliphatic carbocycles. The fourth-order valence-corrected chi connectivity index (χ4v) is 4.44. The van der Waals surface area contributed by atoms with E-state index in [2.05, 4.69) is 4.98 Å². The van der Waals surface area contributed by atoms with E-state index in [0.29, 0.717) is 30.9 Å². The van der Waals surface area contributed by atoms with Crippen molar-refractivity contribution in [1.82, 2.24) is 15.4 Å². The number of hydrogen-bond donors (Lipinski definition) is 3. The first-order valence-corrected chi connectivity index (χ1v) is 11.3. The summed E-state index contributed by atoms with van der Waals surface area (Å²) in [6.45, 7) is 6.29. The van der Waals surface area contributed by atoms with Crippen LogP contribution in [0.1, 0.15) is 37.1 Å². The van der Waals surface area contributed by atoms with E-state index in [1.165, 1.54) is 0 Å². The van der Waals surface area contributed by atoms with Gasteiger partial charge in [0.15, 0.2) is 0 Å². The Morgan fingerprint density at radius 3 is 2.65 bits per heavy atom. The number of pyridine rings is 1. The van der Waals surface area contributed by atoms with Crippen LogP contribution in [0.3, 0.4) is 0 Å². The molecule has 178 valence electrons. The maximum atomic E-state index is 13.1. The minimum Gasteiger partial charge on any atom is -0.489 e. The number of hydroxylamine groups is 1. The lowest BCUT2D eigenvalue weighted by Gasteiger charge is -2.30. The van der Waals surface area contributed by atoms with Crippen molar-refractivity contribution in [3.8, 4) is 5.75 Å². The standard InChI is InChI=1S/C26H30N4O4/c1-17-14-18(21-6-4-5-7-22(21)28-17)15-34-20-10-8-19(9-11-20)26(27)12-13-30(24(26)32)16-25(2,3)23(31)29-33/h4-11,14,33H,12-13,15-16,27H2,1-3H3,(H,29,31). The Morgan fingerprint density at radius 1 is 1.24 bits per heavy atom. The number of likely N-dealkylation sites (tertiary alicyclic amines) is 1. The highest BCUT2D eigenvalue weighted by Gasteiger charge is 2.47. The molecule has 1 fully saturated rings. The van der Waals surface area contributed by atoms with Crippen LogP contribution in [0.25, 0.3) is 10.9 Å². The molecule has 2 amide bonds. The van der Waals surface area contributed by atoms with E-state index in [9.17, 15) is 9.59 Å². The Morgan fingerprint density at radius 2 is 1.94 bits per heavy atom. The van der Waals surface area contributed by atoms with Gasteiger partial charge < -0.3 is 15.4 Å². The van der Waals surface area contributed by atoms with Crippen molar-refractivity contribution < 1.29 is 19.5 Å². The van der Waals surface area contributed by atoms with Crippen LogP contribution in [0.5, 0.6) is 5.75 Å². The van der Waals surface area contributed by atoms with Gasteiger partial charge in [-0.15, -0.1) is 0 Å². The summed E-state index contributed by atoms with van der Waals surface area (Å²) in [6, 6.07) is 17.3. The quantitative estimate of drug-likeness (QED) is 0.367. The van der Waals surface area contributed by atoms with Crippen molar-refractivity contribution in [3.05, 3.63) is 71.4 Å². The number of nitrogens with two attached hydrogens (primary N) is 1. The number of fused-ring (bicyclic) bond motifs is 1. The normalized spacial score (nSPS) is 18.4. The number of carbonyl (C=O) groups is 2. The highest BCUT2D eigenvalue weighted by atomic mass is 16.5. The Bertz CT molecular complexity index is 1230. The van der Waals surface area contributed by atoms with Crippen LogP contribution in [-0.2, 0) is 21.7 Å².